The van der Waals surface area contributed by atoms with Crippen molar-refractivity contribution in [1.29, 1.82) is 5.26 Å². The zero-order valence-electron chi connectivity index (χ0n) is 26.5. The molecule has 1 saturated carbocycles. The van der Waals surface area contributed by atoms with Crippen molar-refractivity contribution in [3.63, 3.8) is 0 Å². The summed E-state index contributed by atoms with van der Waals surface area (Å²) in [5, 5.41) is 22.5. The lowest BCUT2D eigenvalue weighted by molar-refractivity contribution is -0.109. The van der Waals surface area contributed by atoms with Crippen LogP contribution in [0.3, 0.4) is 0 Å². The molecule has 1 aromatic rings. The van der Waals surface area contributed by atoms with Crippen molar-refractivity contribution in [3.05, 3.63) is 83.3 Å². The van der Waals surface area contributed by atoms with Crippen molar-refractivity contribution in [2.45, 2.75) is 97.4 Å². The second-order valence-corrected chi connectivity index (χ2v) is 11.6. The minimum atomic E-state index is 0.216. The van der Waals surface area contributed by atoms with Gasteiger partial charge in [0, 0.05) is 31.4 Å². The molecule has 1 unspecified atom stereocenters. The SMILES string of the molecule is C#N.C=C(C)/C(O)=C\C(=C/C)C(=C)NCC1CCCCC1.Cc1ccc(CCC(CCNC=O)N2CCCCC2)cc1. The lowest BCUT2D eigenvalue weighted by atomic mass is 9.89. The Morgan fingerprint density at radius 1 is 1.07 bits per heavy atom. The standard InChI is InChI=1S/C18H28N2O.C17H27NO.CHN/c1-16-5-7-17(8-6-16)9-10-18(11-12-19-15-21)20-13-3-2-4-14-20;1-5-16(11-17(19)13(2)3)14(4)18-12-15-9-7-6-8-10-15;1-2/h5-8,15,18H,2-4,9-14H2,1H3,(H,19,21);5,11,15,18-19H,2,4,6-10,12H2,1,3H3;1H/b;16-5+,17-11+;. The van der Waals surface area contributed by atoms with Gasteiger partial charge in [0.15, 0.2) is 0 Å². The van der Waals surface area contributed by atoms with Crippen molar-refractivity contribution in [2.75, 3.05) is 26.2 Å². The van der Waals surface area contributed by atoms with Gasteiger partial charge in [-0.15, -0.1) is 0 Å². The number of amides is 1. The smallest absolute Gasteiger partial charge is 0.207 e. The average Bonchev–Trinajstić information content (AvgIpc) is 3.03. The van der Waals surface area contributed by atoms with E-state index < -0.39 is 0 Å². The predicted molar refractivity (Wildman–Crippen MR) is 177 cm³/mol. The van der Waals surface area contributed by atoms with Crippen LogP contribution in [0.4, 0.5) is 0 Å². The van der Waals surface area contributed by atoms with E-state index in [1.54, 1.807) is 13.0 Å². The van der Waals surface area contributed by atoms with Crippen LogP contribution < -0.4 is 10.6 Å². The minimum absolute atomic E-state index is 0.216. The molecule has 1 aliphatic heterocycles. The maximum absolute atomic E-state index is 10.4. The van der Waals surface area contributed by atoms with Crippen molar-refractivity contribution in [2.24, 2.45) is 5.92 Å². The molecule has 1 amide bonds. The summed E-state index contributed by atoms with van der Waals surface area (Å²) in [4.78, 5) is 13.1. The van der Waals surface area contributed by atoms with Crippen molar-refractivity contribution < 1.29 is 9.90 Å². The molecule has 1 aliphatic carbocycles. The fourth-order valence-electron chi connectivity index (χ4n) is 5.57. The van der Waals surface area contributed by atoms with E-state index in [2.05, 4.69) is 66.5 Å². The highest BCUT2D eigenvalue weighted by molar-refractivity contribution is 5.45. The van der Waals surface area contributed by atoms with Gasteiger partial charge in [-0.2, -0.15) is 0 Å². The van der Waals surface area contributed by atoms with E-state index in [1.165, 1.54) is 82.0 Å². The number of allylic oxidation sites excluding steroid dienone is 3. The molecule has 3 rings (SSSR count). The third kappa shape index (κ3) is 15.1. The first kappa shape index (κ1) is 36.7. The van der Waals surface area contributed by atoms with Crippen LogP contribution in [-0.4, -0.2) is 48.6 Å². The fraction of sp³-hybridized carbons (Fsp3) is 0.556. The third-order valence-corrected chi connectivity index (χ3v) is 8.22. The highest BCUT2D eigenvalue weighted by Crippen LogP contribution is 2.23. The zero-order chi connectivity index (χ0) is 31.2. The van der Waals surface area contributed by atoms with Gasteiger partial charge in [-0.1, -0.05) is 74.7 Å². The van der Waals surface area contributed by atoms with Crippen LogP contribution in [0.5, 0.6) is 0 Å². The Bertz CT molecular complexity index is 997. The summed E-state index contributed by atoms with van der Waals surface area (Å²) < 4.78 is 0. The number of rotatable bonds is 14. The molecule has 0 spiro atoms. The molecule has 6 nitrogen and oxygen atoms in total. The average molecular weight is 577 g/mol. The van der Waals surface area contributed by atoms with E-state index in [-0.39, 0.29) is 5.76 Å². The van der Waals surface area contributed by atoms with Crippen LogP contribution in [0.25, 0.3) is 0 Å². The number of hydrogen-bond acceptors (Lipinski definition) is 5. The molecule has 3 N–H and O–H groups in total. The number of piperidine rings is 1. The van der Waals surface area contributed by atoms with Crippen molar-refractivity contribution in [3.8, 4) is 6.57 Å². The number of aliphatic hydroxyl groups excluding tert-OH is 1. The molecule has 1 atom stereocenters. The molecular formula is C36H56N4O2. The van der Waals surface area contributed by atoms with E-state index in [1.807, 2.05) is 13.0 Å². The number of aryl methyl sites for hydroxylation is 2. The quantitative estimate of drug-likeness (QED) is 0.0914. The molecule has 42 heavy (non-hydrogen) atoms. The zero-order valence-corrected chi connectivity index (χ0v) is 26.5. The summed E-state index contributed by atoms with van der Waals surface area (Å²) in [6.45, 7) is 21.4. The number of carbonyl (C=O) groups excluding carboxylic acids is 1. The van der Waals surface area contributed by atoms with Gasteiger partial charge in [0.25, 0.3) is 0 Å². The Hall–Kier alpha value is -3.30. The van der Waals surface area contributed by atoms with Crippen LogP contribution in [-0.2, 0) is 11.2 Å². The predicted octanol–water partition coefficient (Wildman–Crippen LogP) is 7.69. The molecule has 1 heterocycles. The Balaban J connectivity index is 0.000000399. The number of carbonyl (C=O) groups is 1. The number of nitrogens with zero attached hydrogens (tertiary/aromatic N) is 2. The van der Waals surface area contributed by atoms with Gasteiger partial charge in [-0.25, -0.2) is 5.26 Å². The van der Waals surface area contributed by atoms with E-state index >= 15 is 0 Å². The number of nitriles is 1. The second-order valence-electron chi connectivity index (χ2n) is 11.6. The number of benzene rings is 1. The Morgan fingerprint density at radius 3 is 2.26 bits per heavy atom. The Labute approximate surface area is 256 Å². The molecule has 1 saturated heterocycles. The van der Waals surface area contributed by atoms with Gasteiger partial charge in [0.2, 0.25) is 6.41 Å². The fourth-order valence-corrected chi connectivity index (χ4v) is 5.57. The topological polar surface area (TPSA) is 88.4 Å². The molecule has 232 valence electrons. The van der Waals surface area contributed by atoms with E-state index in [0.717, 1.165) is 49.5 Å². The van der Waals surface area contributed by atoms with Gasteiger partial charge < -0.3 is 20.6 Å². The lowest BCUT2D eigenvalue weighted by Gasteiger charge is -2.34. The number of hydrogen-bond donors (Lipinski definition) is 3. The molecule has 0 radical (unpaired) electrons. The molecule has 2 aliphatic rings. The molecule has 0 bridgehead atoms. The van der Waals surface area contributed by atoms with Gasteiger partial charge in [0.1, 0.15) is 5.76 Å². The van der Waals surface area contributed by atoms with E-state index in [4.69, 9.17) is 5.26 Å². The van der Waals surface area contributed by atoms with Crippen molar-refractivity contribution >= 4 is 6.41 Å². The summed E-state index contributed by atoms with van der Waals surface area (Å²) >= 11 is 0. The van der Waals surface area contributed by atoms with Gasteiger partial charge in [-0.3, -0.25) is 4.79 Å². The second kappa shape index (κ2) is 22.3. The largest absolute Gasteiger partial charge is 0.508 e. The third-order valence-electron chi connectivity index (χ3n) is 8.22. The molecular weight excluding hydrogens is 520 g/mol. The lowest BCUT2D eigenvalue weighted by Crippen LogP contribution is -2.41. The monoisotopic (exact) mass is 576 g/mol. The van der Waals surface area contributed by atoms with Gasteiger partial charge >= 0.3 is 0 Å². The summed E-state index contributed by atoms with van der Waals surface area (Å²) in [5.41, 5.74) is 5.21. The summed E-state index contributed by atoms with van der Waals surface area (Å²) in [6, 6.07) is 9.47. The van der Waals surface area contributed by atoms with Gasteiger partial charge in [-0.05, 0) is 108 Å². The van der Waals surface area contributed by atoms with Crippen LogP contribution in [0.2, 0.25) is 0 Å². The maximum atomic E-state index is 10.4. The van der Waals surface area contributed by atoms with Crippen LogP contribution in [0, 0.1) is 24.7 Å². The van der Waals surface area contributed by atoms with Crippen LogP contribution in [0.15, 0.2) is 72.2 Å². The normalized spacial score (nSPS) is 17.0. The first-order valence-corrected chi connectivity index (χ1v) is 15.7. The van der Waals surface area contributed by atoms with Crippen molar-refractivity contribution in [1.82, 2.24) is 15.5 Å². The maximum Gasteiger partial charge on any atom is 0.207 e. The first-order valence-electron chi connectivity index (χ1n) is 15.7. The van der Waals surface area contributed by atoms with E-state index in [0.29, 0.717) is 11.6 Å². The minimum Gasteiger partial charge on any atom is -0.508 e. The number of nitrogens with one attached hydrogen (secondary N) is 2. The highest BCUT2D eigenvalue weighted by Gasteiger charge is 2.20. The summed E-state index contributed by atoms with van der Waals surface area (Å²) in [6.07, 6.45) is 18.6. The molecule has 1 aromatic carbocycles. The first-order chi connectivity index (χ1) is 20.3. The number of aliphatic hydroxyl groups is 1. The molecule has 2 fully saturated rings. The summed E-state index contributed by atoms with van der Waals surface area (Å²) in [7, 11) is 0. The number of likely N-dealkylation sites (tertiary alicyclic amines) is 1. The van der Waals surface area contributed by atoms with Crippen LogP contribution in [0.1, 0.15) is 89.2 Å². The molecule has 0 aromatic heterocycles. The highest BCUT2D eigenvalue weighted by atomic mass is 16.3. The molecule has 6 heteroatoms. The summed E-state index contributed by atoms with van der Waals surface area (Å²) in [5.74, 6) is 0.982. The Morgan fingerprint density at radius 2 is 1.69 bits per heavy atom. The van der Waals surface area contributed by atoms with Crippen LogP contribution >= 0.6 is 0 Å². The van der Waals surface area contributed by atoms with Gasteiger partial charge in [0.05, 0.1) is 0 Å². The van der Waals surface area contributed by atoms with E-state index in [9.17, 15) is 9.90 Å². The Kier molecular flexibility index (Phi) is 19.5.